The third-order valence-electron chi connectivity index (χ3n) is 6.15. The fourth-order valence-electron chi connectivity index (χ4n) is 4.57. The van der Waals surface area contributed by atoms with Crippen LogP contribution in [-0.2, 0) is 17.4 Å². The number of amides is 1. The molecule has 1 saturated carbocycles. The van der Waals surface area contributed by atoms with E-state index >= 15 is 0 Å². The van der Waals surface area contributed by atoms with Gasteiger partial charge in [0.2, 0.25) is 5.91 Å². The third-order valence-corrected chi connectivity index (χ3v) is 6.15. The summed E-state index contributed by atoms with van der Waals surface area (Å²) in [6, 6.07) is 2.66. The van der Waals surface area contributed by atoms with E-state index in [9.17, 15) is 28.1 Å². The van der Waals surface area contributed by atoms with Crippen LogP contribution in [0.15, 0.2) is 18.2 Å². The minimum Gasteiger partial charge on any atom is -0.341 e. The van der Waals surface area contributed by atoms with Crippen LogP contribution in [-0.4, -0.2) is 52.9 Å². The van der Waals surface area contributed by atoms with Gasteiger partial charge in [-0.1, -0.05) is 18.9 Å². The Morgan fingerprint density at radius 3 is 2.48 bits per heavy atom. The molecule has 0 spiro atoms. The Morgan fingerprint density at radius 2 is 1.86 bits per heavy atom. The van der Waals surface area contributed by atoms with Crippen molar-refractivity contribution in [1.29, 1.82) is 0 Å². The quantitative estimate of drug-likeness (QED) is 0.540. The summed E-state index contributed by atoms with van der Waals surface area (Å²) >= 11 is 0. The second-order valence-corrected chi connectivity index (χ2v) is 7.94. The molecule has 0 unspecified atom stereocenters. The van der Waals surface area contributed by atoms with Crippen LogP contribution in [0, 0.1) is 10.1 Å². The van der Waals surface area contributed by atoms with Crippen LogP contribution in [0.3, 0.4) is 0 Å². The number of likely N-dealkylation sites (tertiary alicyclic amines) is 1. The van der Waals surface area contributed by atoms with Crippen molar-refractivity contribution in [3.63, 3.8) is 0 Å². The lowest BCUT2D eigenvalue weighted by atomic mass is 9.88. The molecular formula is C20H26F3N3O3. The molecule has 1 heterocycles. The van der Waals surface area contributed by atoms with Gasteiger partial charge in [0.25, 0.3) is 5.69 Å². The molecule has 1 saturated heterocycles. The van der Waals surface area contributed by atoms with Crippen molar-refractivity contribution in [2.45, 2.75) is 63.2 Å². The SMILES string of the molecule is CN(C(=O)Cc1ccc(C(F)(F)F)cc1[N+](=O)[O-])[C@@H]1CCCC[C@H]1N1CCCC1. The first-order valence-corrected chi connectivity index (χ1v) is 10.0. The van der Waals surface area contributed by atoms with Gasteiger partial charge in [0.1, 0.15) is 0 Å². The van der Waals surface area contributed by atoms with E-state index in [1.807, 2.05) is 0 Å². The maximum atomic E-state index is 12.9. The van der Waals surface area contributed by atoms with Crippen LogP contribution in [0.5, 0.6) is 0 Å². The van der Waals surface area contributed by atoms with Gasteiger partial charge in [0, 0.05) is 30.8 Å². The van der Waals surface area contributed by atoms with Crippen molar-refractivity contribution in [1.82, 2.24) is 9.80 Å². The first-order valence-electron chi connectivity index (χ1n) is 10.0. The van der Waals surface area contributed by atoms with Crippen LogP contribution < -0.4 is 0 Å². The number of hydrogen-bond donors (Lipinski definition) is 0. The van der Waals surface area contributed by atoms with Gasteiger partial charge >= 0.3 is 6.18 Å². The van der Waals surface area contributed by atoms with Crippen LogP contribution in [0.25, 0.3) is 0 Å². The summed E-state index contributed by atoms with van der Waals surface area (Å²) in [4.78, 5) is 27.4. The average Bonchev–Trinajstić information content (AvgIpc) is 3.21. The molecule has 160 valence electrons. The van der Waals surface area contributed by atoms with Crippen molar-refractivity contribution in [3.05, 3.63) is 39.4 Å². The smallest absolute Gasteiger partial charge is 0.341 e. The lowest BCUT2D eigenvalue weighted by Gasteiger charge is -2.42. The summed E-state index contributed by atoms with van der Waals surface area (Å²) in [6.45, 7) is 2.04. The van der Waals surface area contributed by atoms with Crippen molar-refractivity contribution < 1.29 is 22.9 Å². The monoisotopic (exact) mass is 413 g/mol. The molecule has 2 atom stereocenters. The zero-order valence-electron chi connectivity index (χ0n) is 16.5. The number of hydrogen-bond acceptors (Lipinski definition) is 4. The summed E-state index contributed by atoms with van der Waals surface area (Å²) in [5.74, 6) is -0.302. The molecule has 0 aromatic heterocycles. The number of halogens is 3. The van der Waals surface area contributed by atoms with Gasteiger partial charge in [0.05, 0.1) is 16.9 Å². The lowest BCUT2D eigenvalue weighted by molar-refractivity contribution is -0.385. The van der Waals surface area contributed by atoms with E-state index in [2.05, 4.69) is 4.90 Å². The topological polar surface area (TPSA) is 66.7 Å². The molecule has 9 heteroatoms. The van der Waals surface area contributed by atoms with E-state index in [-0.39, 0.29) is 30.0 Å². The van der Waals surface area contributed by atoms with Gasteiger partial charge < -0.3 is 4.90 Å². The maximum absolute atomic E-state index is 12.9. The number of likely N-dealkylation sites (N-methyl/N-ethyl adjacent to an activating group) is 1. The Morgan fingerprint density at radius 1 is 1.21 bits per heavy atom. The molecule has 1 aromatic rings. The van der Waals surface area contributed by atoms with Crippen molar-refractivity contribution in [2.24, 2.45) is 0 Å². The zero-order valence-corrected chi connectivity index (χ0v) is 16.5. The fourth-order valence-corrected chi connectivity index (χ4v) is 4.57. The van der Waals surface area contributed by atoms with Gasteiger partial charge in [-0.05, 0) is 44.8 Å². The summed E-state index contributed by atoms with van der Waals surface area (Å²) < 4.78 is 38.7. The average molecular weight is 413 g/mol. The van der Waals surface area contributed by atoms with Gasteiger partial charge in [0.15, 0.2) is 0 Å². The second kappa shape index (κ2) is 8.69. The molecule has 3 rings (SSSR count). The molecule has 2 aliphatic rings. The molecule has 0 radical (unpaired) electrons. The summed E-state index contributed by atoms with van der Waals surface area (Å²) in [5, 5.41) is 11.3. The fraction of sp³-hybridized carbons (Fsp3) is 0.650. The van der Waals surface area contributed by atoms with Crippen LogP contribution in [0.4, 0.5) is 18.9 Å². The molecule has 29 heavy (non-hydrogen) atoms. The third kappa shape index (κ3) is 4.88. The van der Waals surface area contributed by atoms with Crippen molar-refractivity contribution >= 4 is 11.6 Å². The number of alkyl halides is 3. The number of carbonyl (C=O) groups excluding carboxylic acids is 1. The highest BCUT2D eigenvalue weighted by atomic mass is 19.4. The van der Waals surface area contributed by atoms with Gasteiger partial charge in [-0.15, -0.1) is 0 Å². The maximum Gasteiger partial charge on any atom is 0.416 e. The molecule has 6 nitrogen and oxygen atoms in total. The van der Waals surface area contributed by atoms with Crippen molar-refractivity contribution in [3.8, 4) is 0 Å². The Balaban J connectivity index is 1.77. The van der Waals surface area contributed by atoms with E-state index in [1.54, 1.807) is 11.9 Å². The van der Waals surface area contributed by atoms with E-state index < -0.39 is 22.4 Å². The molecule has 1 aliphatic heterocycles. The summed E-state index contributed by atoms with van der Waals surface area (Å²) in [6.07, 6.45) is 1.37. The van der Waals surface area contributed by atoms with Crippen LogP contribution >= 0.6 is 0 Å². The van der Waals surface area contributed by atoms with E-state index in [4.69, 9.17) is 0 Å². The highest BCUT2D eigenvalue weighted by molar-refractivity contribution is 5.80. The largest absolute Gasteiger partial charge is 0.416 e. The lowest BCUT2D eigenvalue weighted by Crippen LogP contribution is -2.53. The zero-order chi connectivity index (χ0) is 21.2. The molecule has 1 amide bonds. The Labute approximate surface area is 167 Å². The van der Waals surface area contributed by atoms with Gasteiger partial charge in [-0.2, -0.15) is 13.2 Å². The Bertz CT molecular complexity index is 763. The first-order chi connectivity index (χ1) is 13.7. The summed E-state index contributed by atoms with van der Waals surface area (Å²) in [7, 11) is 1.71. The number of nitro benzene ring substituents is 1. The second-order valence-electron chi connectivity index (χ2n) is 7.94. The summed E-state index contributed by atoms with van der Waals surface area (Å²) in [5.41, 5.74) is -1.75. The highest BCUT2D eigenvalue weighted by Crippen LogP contribution is 2.34. The standard InChI is InChI=1S/C20H26F3N3O3/c1-24(16-6-2-3-7-17(16)25-10-4-5-11-25)19(27)12-14-8-9-15(20(21,22)23)13-18(14)26(28)29/h8-9,13,16-17H,2-7,10-12H2,1H3/t16-,17-/m1/s1. The number of benzene rings is 1. The molecule has 2 fully saturated rings. The predicted molar refractivity (Wildman–Crippen MR) is 101 cm³/mol. The Hall–Kier alpha value is -2.16. The van der Waals surface area contributed by atoms with Crippen molar-refractivity contribution in [2.75, 3.05) is 20.1 Å². The molecular weight excluding hydrogens is 387 g/mol. The normalized spacial score (nSPS) is 23.2. The highest BCUT2D eigenvalue weighted by Gasteiger charge is 2.37. The van der Waals surface area contributed by atoms with E-state index in [0.29, 0.717) is 6.07 Å². The molecule has 0 N–H and O–H groups in total. The number of nitrogens with zero attached hydrogens (tertiary/aromatic N) is 3. The molecule has 1 aliphatic carbocycles. The number of carbonyl (C=O) groups is 1. The van der Waals surface area contributed by atoms with Crippen LogP contribution in [0.1, 0.15) is 49.7 Å². The molecule has 0 bridgehead atoms. The van der Waals surface area contributed by atoms with E-state index in [1.165, 1.54) is 0 Å². The molecule has 1 aromatic carbocycles. The number of rotatable bonds is 5. The number of nitro groups is 1. The Kier molecular flexibility index (Phi) is 6.45. The minimum absolute atomic E-state index is 0.00776. The predicted octanol–water partition coefficient (Wildman–Crippen LogP) is 4.02. The van der Waals surface area contributed by atoms with Crippen LogP contribution in [0.2, 0.25) is 0 Å². The van der Waals surface area contributed by atoms with Gasteiger partial charge in [-0.3, -0.25) is 19.8 Å². The van der Waals surface area contributed by atoms with E-state index in [0.717, 1.165) is 63.7 Å². The first kappa shape index (κ1) is 21.5. The minimum atomic E-state index is -4.67. The van der Waals surface area contributed by atoms with Gasteiger partial charge in [-0.25, -0.2) is 0 Å².